The summed E-state index contributed by atoms with van der Waals surface area (Å²) in [5.41, 5.74) is 0.0309. The van der Waals surface area contributed by atoms with E-state index < -0.39 is 33.1 Å². The van der Waals surface area contributed by atoms with Gasteiger partial charge in [0, 0.05) is 30.3 Å². The van der Waals surface area contributed by atoms with Gasteiger partial charge in [-0.15, -0.1) is 0 Å². The van der Waals surface area contributed by atoms with Gasteiger partial charge in [0.1, 0.15) is 11.9 Å². The molecule has 2 bridgehead atoms. The molecule has 3 fully saturated rings. The topological polar surface area (TPSA) is 94.9 Å². The van der Waals surface area contributed by atoms with E-state index in [1.165, 1.54) is 4.31 Å². The summed E-state index contributed by atoms with van der Waals surface area (Å²) in [6.07, 6.45) is 1.17. The van der Waals surface area contributed by atoms with Crippen LogP contribution >= 0.6 is 0 Å². The maximum atomic E-state index is 13.4. The number of carbonyl (C=O) groups is 1. The highest BCUT2D eigenvalue weighted by Crippen LogP contribution is 2.64. The van der Waals surface area contributed by atoms with Crippen LogP contribution in [-0.2, 0) is 20.2 Å². The first kappa shape index (κ1) is 20.6. The van der Waals surface area contributed by atoms with Crippen LogP contribution < -0.4 is 0 Å². The molecule has 164 valence electrons. The lowest BCUT2D eigenvalue weighted by Gasteiger charge is -2.43. The first-order valence-corrected chi connectivity index (χ1v) is 12.6. The Balaban J connectivity index is 1.38. The van der Waals surface area contributed by atoms with Gasteiger partial charge in [0.15, 0.2) is 0 Å². The Hall–Kier alpha value is -1.28. The molecule has 1 spiro atoms. The van der Waals surface area contributed by atoms with E-state index in [1.807, 2.05) is 24.3 Å². The molecule has 0 aromatic heterocycles. The molecule has 2 unspecified atom stereocenters. The minimum absolute atomic E-state index is 0.100. The van der Waals surface area contributed by atoms with E-state index in [-0.39, 0.29) is 22.9 Å². The summed E-state index contributed by atoms with van der Waals surface area (Å²) in [5, 5.41) is 21.4. The molecule has 5 rings (SSSR count). The lowest BCUT2D eigenvalue weighted by Crippen LogP contribution is -2.52. The zero-order valence-electron chi connectivity index (χ0n) is 17.7. The van der Waals surface area contributed by atoms with Gasteiger partial charge in [-0.05, 0) is 48.1 Å². The Kier molecular flexibility index (Phi) is 4.38. The van der Waals surface area contributed by atoms with Crippen molar-refractivity contribution >= 4 is 15.8 Å². The van der Waals surface area contributed by atoms with Crippen LogP contribution in [0.2, 0.25) is 0 Å². The summed E-state index contributed by atoms with van der Waals surface area (Å²) >= 11 is 0. The predicted molar refractivity (Wildman–Crippen MR) is 112 cm³/mol. The van der Waals surface area contributed by atoms with E-state index in [1.54, 1.807) is 0 Å². The Bertz CT molecular complexity index is 995. The largest absolute Gasteiger partial charge is 0.389 e. The van der Waals surface area contributed by atoms with Crippen molar-refractivity contribution in [2.75, 3.05) is 18.8 Å². The summed E-state index contributed by atoms with van der Waals surface area (Å²) in [6, 6.07) is 7.53. The second kappa shape index (κ2) is 6.37. The molecule has 1 aromatic rings. The maximum absolute atomic E-state index is 13.4. The van der Waals surface area contributed by atoms with E-state index in [0.717, 1.165) is 17.5 Å². The molecule has 4 aliphatic rings. The third-order valence-electron chi connectivity index (χ3n) is 9.26. The molecule has 0 amide bonds. The molecular formula is C23H31NO5S. The number of aliphatic hydroxyl groups excluding tert-OH is 2. The summed E-state index contributed by atoms with van der Waals surface area (Å²) < 4.78 is 28.3. The van der Waals surface area contributed by atoms with Crippen molar-refractivity contribution in [3.8, 4) is 0 Å². The average Bonchev–Trinajstić information content (AvgIpc) is 3.15. The molecule has 2 saturated carbocycles. The fraction of sp³-hybridized carbons (Fsp3) is 0.696. The van der Waals surface area contributed by atoms with Crippen LogP contribution in [0, 0.1) is 16.7 Å². The predicted octanol–water partition coefficient (Wildman–Crippen LogP) is 2.15. The van der Waals surface area contributed by atoms with Crippen LogP contribution in [0.5, 0.6) is 0 Å². The number of hydrogen-bond acceptors (Lipinski definition) is 5. The minimum Gasteiger partial charge on any atom is -0.389 e. The van der Waals surface area contributed by atoms with Crippen molar-refractivity contribution < 1.29 is 23.4 Å². The first-order valence-electron chi connectivity index (χ1n) is 11.0. The molecule has 2 N–H and O–H groups in total. The molecule has 6 nitrogen and oxygen atoms in total. The summed E-state index contributed by atoms with van der Waals surface area (Å²) in [5.74, 6) is 0.303. The number of Topliss-reactive ketones (excluding diaryl/α,β-unsaturated/α-hetero) is 1. The third kappa shape index (κ3) is 2.46. The number of ketones is 1. The van der Waals surface area contributed by atoms with Crippen molar-refractivity contribution in [2.24, 2.45) is 16.7 Å². The smallest absolute Gasteiger partial charge is 0.215 e. The van der Waals surface area contributed by atoms with Crippen molar-refractivity contribution in [3.05, 3.63) is 35.4 Å². The zero-order chi connectivity index (χ0) is 21.5. The van der Waals surface area contributed by atoms with Crippen LogP contribution in [0.4, 0.5) is 0 Å². The van der Waals surface area contributed by atoms with Crippen LogP contribution in [-0.4, -0.2) is 53.7 Å². The fourth-order valence-electron chi connectivity index (χ4n) is 7.08. The van der Waals surface area contributed by atoms with E-state index in [4.69, 9.17) is 0 Å². The van der Waals surface area contributed by atoms with Gasteiger partial charge in [-0.1, -0.05) is 38.1 Å². The number of hydrogen-bond donors (Lipinski definition) is 2. The highest BCUT2D eigenvalue weighted by molar-refractivity contribution is 7.89. The van der Waals surface area contributed by atoms with E-state index >= 15 is 0 Å². The SMILES string of the molecule is CC1(C)[C@@H]2CC[C@@]1(CS(=O)(=O)N1CCC3(CC1)c1ccccc1C(O)C3O)C(=O)C2. The minimum atomic E-state index is -3.60. The van der Waals surface area contributed by atoms with Gasteiger partial charge in [-0.25, -0.2) is 12.7 Å². The molecule has 30 heavy (non-hydrogen) atoms. The summed E-state index contributed by atoms with van der Waals surface area (Å²) in [4.78, 5) is 12.8. The van der Waals surface area contributed by atoms with Gasteiger partial charge >= 0.3 is 0 Å². The zero-order valence-corrected chi connectivity index (χ0v) is 18.5. The van der Waals surface area contributed by atoms with Crippen LogP contribution in [0.15, 0.2) is 24.3 Å². The number of sulfonamides is 1. The van der Waals surface area contributed by atoms with E-state index in [2.05, 4.69) is 13.8 Å². The fourth-order valence-corrected chi connectivity index (χ4v) is 9.30. The molecule has 1 aliphatic heterocycles. The molecule has 0 radical (unpaired) electrons. The van der Waals surface area contributed by atoms with Gasteiger partial charge in [0.2, 0.25) is 10.0 Å². The molecule has 1 aromatic carbocycles. The van der Waals surface area contributed by atoms with Gasteiger partial charge in [0.25, 0.3) is 0 Å². The van der Waals surface area contributed by atoms with Crippen molar-refractivity contribution in [1.29, 1.82) is 0 Å². The van der Waals surface area contributed by atoms with Crippen LogP contribution in [0.1, 0.15) is 63.2 Å². The number of nitrogens with zero attached hydrogens (tertiary/aromatic N) is 1. The van der Waals surface area contributed by atoms with Gasteiger partial charge in [0.05, 0.1) is 11.9 Å². The molecule has 1 heterocycles. The molecular weight excluding hydrogens is 402 g/mol. The van der Waals surface area contributed by atoms with Crippen LogP contribution in [0.3, 0.4) is 0 Å². The van der Waals surface area contributed by atoms with E-state index in [9.17, 15) is 23.4 Å². The molecule has 1 saturated heterocycles. The Labute approximate surface area is 178 Å². The average molecular weight is 434 g/mol. The van der Waals surface area contributed by atoms with Gasteiger partial charge in [-0.3, -0.25) is 4.79 Å². The second-order valence-electron chi connectivity index (χ2n) is 10.5. The van der Waals surface area contributed by atoms with Crippen molar-refractivity contribution in [2.45, 2.75) is 63.6 Å². The number of aliphatic hydroxyl groups is 2. The standard InChI is InChI=1S/C23H31NO5S/c1-21(2)15-7-8-23(21,18(25)13-15)14-30(28,29)24-11-9-22(10-12-24)17-6-4-3-5-16(17)19(26)20(22)27/h3-6,15,19-20,26-27H,7-14H2,1-2H3/t15-,19?,20?,23-/m1/s1. The van der Waals surface area contributed by atoms with Crippen LogP contribution in [0.25, 0.3) is 0 Å². The third-order valence-corrected chi connectivity index (χ3v) is 11.3. The monoisotopic (exact) mass is 433 g/mol. The number of rotatable bonds is 3. The highest BCUT2D eigenvalue weighted by atomic mass is 32.2. The number of piperidine rings is 1. The normalized spacial score (nSPS) is 37.1. The second-order valence-corrected chi connectivity index (χ2v) is 12.4. The Morgan fingerprint density at radius 1 is 1.10 bits per heavy atom. The van der Waals surface area contributed by atoms with Crippen molar-refractivity contribution in [3.63, 3.8) is 0 Å². The molecule has 4 atom stereocenters. The van der Waals surface area contributed by atoms with E-state index in [0.29, 0.717) is 38.8 Å². The summed E-state index contributed by atoms with van der Waals surface area (Å²) in [7, 11) is -3.60. The lowest BCUT2D eigenvalue weighted by molar-refractivity contribution is -0.128. The number of benzene rings is 1. The highest BCUT2D eigenvalue weighted by Gasteiger charge is 2.66. The summed E-state index contributed by atoms with van der Waals surface area (Å²) in [6.45, 7) is 4.72. The lowest BCUT2D eigenvalue weighted by atomic mass is 9.70. The number of fused-ring (bicyclic) bond motifs is 4. The van der Waals surface area contributed by atoms with Gasteiger partial charge in [-0.2, -0.15) is 0 Å². The quantitative estimate of drug-likeness (QED) is 0.762. The molecule has 3 aliphatic carbocycles. The van der Waals surface area contributed by atoms with Gasteiger partial charge < -0.3 is 10.2 Å². The Morgan fingerprint density at radius 2 is 1.77 bits per heavy atom. The number of carbonyl (C=O) groups excluding carboxylic acids is 1. The van der Waals surface area contributed by atoms with Crippen molar-refractivity contribution in [1.82, 2.24) is 4.31 Å². The molecule has 7 heteroatoms. The maximum Gasteiger partial charge on any atom is 0.215 e. The first-order chi connectivity index (χ1) is 14.1. The Morgan fingerprint density at radius 3 is 2.37 bits per heavy atom.